The lowest BCUT2D eigenvalue weighted by atomic mass is 10.0. The number of benzene rings is 1. The molecule has 0 aromatic heterocycles. The molecule has 2 rings (SSSR count). The second-order valence-corrected chi connectivity index (χ2v) is 6.67. The Morgan fingerprint density at radius 2 is 2.04 bits per heavy atom. The highest BCUT2D eigenvalue weighted by Crippen LogP contribution is 2.19. The molecule has 1 saturated heterocycles. The molecule has 1 amide bonds. The van der Waals surface area contributed by atoms with E-state index in [1.807, 2.05) is 44.2 Å². The fourth-order valence-electron chi connectivity index (χ4n) is 2.98. The summed E-state index contributed by atoms with van der Waals surface area (Å²) >= 11 is 0. The van der Waals surface area contributed by atoms with E-state index in [2.05, 4.69) is 10.6 Å². The van der Waals surface area contributed by atoms with Gasteiger partial charge in [0, 0.05) is 6.42 Å². The Balaban J connectivity index is 1.91. The Morgan fingerprint density at radius 1 is 1.29 bits per heavy atom. The van der Waals surface area contributed by atoms with E-state index >= 15 is 0 Å². The number of esters is 1. The molecule has 5 nitrogen and oxygen atoms in total. The summed E-state index contributed by atoms with van der Waals surface area (Å²) in [7, 11) is 0. The van der Waals surface area contributed by atoms with Gasteiger partial charge in [-0.15, -0.1) is 0 Å². The fourth-order valence-corrected chi connectivity index (χ4v) is 2.98. The molecular weight excluding hydrogens is 304 g/mol. The minimum atomic E-state index is -0.341. The van der Waals surface area contributed by atoms with E-state index in [4.69, 9.17) is 4.74 Å². The van der Waals surface area contributed by atoms with Gasteiger partial charge in [-0.05, 0) is 51.3 Å². The van der Waals surface area contributed by atoms with E-state index in [1.165, 1.54) is 0 Å². The van der Waals surface area contributed by atoms with Crippen molar-refractivity contribution in [1.29, 1.82) is 0 Å². The Bertz CT molecular complexity index is 525. The fraction of sp³-hybridized carbons (Fsp3) is 0.579. The number of carbonyl (C=O) groups excluding carboxylic acids is 2. The lowest BCUT2D eigenvalue weighted by molar-refractivity contribution is -0.148. The van der Waals surface area contributed by atoms with Crippen molar-refractivity contribution in [2.24, 2.45) is 5.92 Å². The summed E-state index contributed by atoms with van der Waals surface area (Å²) in [6.45, 7) is 5.68. The van der Waals surface area contributed by atoms with Crippen LogP contribution in [0.5, 0.6) is 0 Å². The smallest absolute Gasteiger partial charge is 0.308 e. The predicted molar refractivity (Wildman–Crippen MR) is 93.4 cm³/mol. The molecule has 0 spiro atoms. The molecule has 2 N–H and O–H groups in total. The van der Waals surface area contributed by atoms with Crippen molar-refractivity contribution >= 4 is 11.9 Å². The largest absolute Gasteiger partial charge is 0.463 e. The molecular formula is C19H28N2O3. The maximum Gasteiger partial charge on any atom is 0.308 e. The van der Waals surface area contributed by atoms with Crippen LogP contribution in [0.1, 0.15) is 51.1 Å². The van der Waals surface area contributed by atoms with Crippen molar-refractivity contribution in [2.75, 3.05) is 13.1 Å². The zero-order valence-corrected chi connectivity index (χ0v) is 14.6. The number of hydrogen-bond donors (Lipinski definition) is 2. The van der Waals surface area contributed by atoms with E-state index in [1.54, 1.807) is 0 Å². The monoisotopic (exact) mass is 332 g/mol. The molecule has 0 saturated carbocycles. The maximum absolute atomic E-state index is 12.3. The standard InChI is InChI=1S/C19H28N2O3/c1-14(2)24-19(23)12-17(16-6-4-3-5-7-16)21-18(22)9-8-15-10-11-20-13-15/h3-7,14-15,17,20H,8-13H2,1-2H3,(H,21,22). The predicted octanol–water partition coefficient (Wildman–Crippen LogP) is 2.58. The zero-order chi connectivity index (χ0) is 17.4. The van der Waals surface area contributed by atoms with Crippen molar-refractivity contribution in [3.05, 3.63) is 35.9 Å². The molecule has 132 valence electrons. The third kappa shape index (κ3) is 6.32. The van der Waals surface area contributed by atoms with Crippen molar-refractivity contribution < 1.29 is 14.3 Å². The van der Waals surface area contributed by atoms with Gasteiger partial charge in [-0.2, -0.15) is 0 Å². The van der Waals surface area contributed by atoms with Crippen LogP contribution in [0.3, 0.4) is 0 Å². The quantitative estimate of drug-likeness (QED) is 0.718. The molecule has 24 heavy (non-hydrogen) atoms. The lowest BCUT2D eigenvalue weighted by Crippen LogP contribution is -2.31. The number of rotatable bonds is 8. The van der Waals surface area contributed by atoms with Gasteiger partial charge in [-0.25, -0.2) is 0 Å². The Morgan fingerprint density at radius 3 is 2.67 bits per heavy atom. The normalized spacial score (nSPS) is 18.4. The van der Waals surface area contributed by atoms with Gasteiger partial charge < -0.3 is 15.4 Å². The van der Waals surface area contributed by atoms with E-state index in [0.29, 0.717) is 12.3 Å². The summed E-state index contributed by atoms with van der Waals surface area (Å²) in [4.78, 5) is 24.3. The highest BCUT2D eigenvalue weighted by Gasteiger charge is 2.21. The van der Waals surface area contributed by atoms with Gasteiger partial charge in [0.2, 0.25) is 5.91 Å². The van der Waals surface area contributed by atoms with Crippen LogP contribution in [0.2, 0.25) is 0 Å². The molecule has 0 radical (unpaired) electrons. The molecule has 2 atom stereocenters. The highest BCUT2D eigenvalue weighted by molar-refractivity contribution is 5.78. The number of nitrogens with one attached hydrogen (secondary N) is 2. The first-order valence-corrected chi connectivity index (χ1v) is 8.79. The first-order valence-electron chi connectivity index (χ1n) is 8.79. The summed E-state index contributed by atoms with van der Waals surface area (Å²) in [5.74, 6) is 0.282. The molecule has 1 fully saturated rings. The Labute approximate surface area is 144 Å². The van der Waals surface area contributed by atoms with Gasteiger partial charge in [0.05, 0.1) is 18.6 Å². The highest BCUT2D eigenvalue weighted by atomic mass is 16.5. The molecule has 5 heteroatoms. The van der Waals surface area contributed by atoms with Crippen LogP contribution in [0.15, 0.2) is 30.3 Å². The number of carbonyl (C=O) groups is 2. The van der Waals surface area contributed by atoms with Gasteiger partial charge in [-0.1, -0.05) is 30.3 Å². The Kier molecular flexibility index (Phi) is 7.25. The van der Waals surface area contributed by atoms with E-state index in [0.717, 1.165) is 31.5 Å². The second kappa shape index (κ2) is 9.42. The SMILES string of the molecule is CC(C)OC(=O)CC(NC(=O)CCC1CCNC1)c1ccccc1. The number of amides is 1. The van der Waals surface area contributed by atoms with Crippen LogP contribution in [0.4, 0.5) is 0 Å². The first kappa shape index (κ1) is 18.5. The minimum Gasteiger partial charge on any atom is -0.463 e. The molecule has 1 heterocycles. The average Bonchev–Trinajstić information content (AvgIpc) is 3.06. The van der Waals surface area contributed by atoms with Crippen LogP contribution in [0.25, 0.3) is 0 Å². The van der Waals surface area contributed by atoms with Crippen LogP contribution in [-0.2, 0) is 14.3 Å². The third-order valence-corrected chi connectivity index (χ3v) is 4.22. The Hall–Kier alpha value is -1.88. The maximum atomic E-state index is 12.3. The average molecular weight is 332 g/mol. The van der Waals surface area contributed by atoms with Crippen molar-refractivity contribution in [1.82, 2.24) is 10.6 Å². The molecule has 1 aliphatic heterocycles. The summed E-state index contributed by atoms with van der Waals surface area (Å²) in [5.41, 5.74) is 0.925. The van der Waals surface area contributed by atoms with Crippen molar-refractivity contribution in [3.8, 4) is 0 Å². The second-order valence-electron chi connectivity index (χ2n) is 6.67. The lowest BCUT2D eigenvalue weighted by Gasteiger charge is -2.20. The number of hydrogen-bond acceptors (Lipinski definition) is 4. The van der Waals surface area contributed by atoms with Crippen molar-refractivity contribution in [2.45, 2.75) is 51.7 Å². The molecule has 0 aliphatic carbocycles. The van der Waals surface area contributed by atoms with Gasteiger partial charge >= 0.3 is 5.97 Å². The minimum absolute atomic E-state index is 0.00639. The zero-order valence-electron chi connectivity index (χ0n) is 14.6. The van der Waals surface area contributed by atoms with E-state index in [-0.39, 0.29) is 30.4 Å². The van der Waals surface area contributed by atoms with Gasteiger partial charge in [0.15, 0.2) is 0 Å². The van der Waals surface area contributed by atoms with Crippen molar-refractivity contribution in [3.63, 3.8) is 0 Å². The third-order valence-electron chi connectivity index (χ3n) is 4.22. The molecule has 1 aromatic rings. The van der Waals surface area contributed by atoms with E-state index in [9.17, 15) is 9.59 Å². The van der Waals surface area contributed by atoms with Crippen LogP contribution < -0.4 is 10.6 Å². The van der Waals surface area contributed by atoms with Crippen LogP contribution in [0, 0.1) is 5.92 Å². The van der Waals surface area contributed by atoms with Crippen LogP contribution >= 0.6 is 0 Å². The van der Waals surface area contributed by atoms with Gasteiger partial charge in [0.1, 0.15) is 0 Å². The summed E-state index contributed by atoms with van der Waals surface area (Å²) in [6, 6.07) is 9.25. The summed E-state index contributed by atoms with van der Waals surface area (Å²) < 4.78 is 5.23. The first-order chi connectivity index (χ1) is 11.5. The number of ether oxygens (including phenoxy) is 1. The van der Waals surface area contributed by atoms with Gasteiger partial charge in [-0.3, -0.25) is 9.59 Å². The van der Waals surface area contributed by atoms with Gasteiger partial charge in [0.25, 0.3) is 0 Å². The molecule has 1 aliphatic rings. The summed E-state index contributed by atoms with van der Waals surface area (Å²) in [6.07, 6.45) is 2.51. The topological polar surface area (TPSA) is 67.4 Å². The van der Waals surface area contributed by atoms with Crippen LogP contribution in [-0.4, -0.2) is 31.1 Å². The molecule has 0 bridgehead atoms. The molecule has 2 unspecified atom stereocenters. The molecule has 1 aromatic carbocycles. The summed E-state index contributed by atoms with van der Waals surface area (Å²) in [5, 5.41) is 6.32. The van der Waals surface area contributed by atoms with E-state index < -0.39 is 0 Å².